The molecule has 3 heterocycles. The second kappa shape index (κ2) is 17.6. The van der Waals surface area contributed by atoms with Crippen molar-refractivity contribution in [3.8, 4) is 0 Å². The van der Waals surface area contributed by atoms with Gasteiger partial charge in [-0.15, -0.1) is 5.10 Å². The number of carbonyl (C=O) groups excluding carboxylic acids is 3. The van der Waals surface area contributed by atoms with E-state index >= 15 is 0 Å². The Kier molecular flexibility index (Phi) is 14.3. The van der Waals surface area contributed by atoms with Gasteiger partial charge in [-0.05, 0) is 32.6 Å². The van der Waals surface area contributed by atoms with Crippen molar-refractivity contribution in [2.75, 3.05) is 46.2 Å². The van der Waals surface area contributed by atoms with Crippen molar-refractivity contribution in [2.24, 2.45) is 5.41 Å². The van der Waals surface area contributed by atoms with Gasteiger partial charge in [0.2, 0.25) is 5.91 Å². The molecule has 0 aliphatic carbocycles. The van der Waals surface area contributed by atoms with E-state index < -0.39 is 0 Å². The summed E-state index contributed by atoms with van der Waals surface area (Å²) < 4.78 is 18.4. The molecule has 3 amide bonds. The van der Waals surface area contributed by atoms with Gasteiger partial charge in [0.25, 0.3) is 0 Å². The van der Waals surface area contributed by atoms with Crippen molar-refractivity contribution >= 4 is 17.7 Å². The number of ether oxygens (including phenoxy) is 3. The van der Waals surface area contributed by atoms with Crippen LogP contribution in [0.3, 0.4) is 0 Å². The van der Waals surface area contributed by atoms with Crippen LogP contribution in [0.4, 0.5) is 4.79 Å². The monoisotopic (exact) mass is 608 g/mol. The molecule has 14 heteroatoms. The summed E-state index contributed by atoms with van der Waals surface area (Å²) in [6, 6.07) is 0.246. The maximum atomic E-state index is 12.4. The van der Waals surface area contributed by atoms with E-state index in [9.17, 15) is 14.4 Å². The normalized spacial score (nSPS) is 19.2. The number of hydrogen-bond acceptors (Lipinski definition) is 10. The highest BCUT2D eigenvalue weighted by atomic mass is 16.5. The van der Waals surface area contributed by atoms with Gasteiger partial charge in [-0.1, -0.05) is 38.8 Å². The molecule has 2 aliphatic rings. The molecule has 2 fully saturated rings. The first kappa shape index (κ1) is 34.8. The third-order valence-electron chi connectivity index (χ3n) is 7.65. The van der Waals surface area contributed by atoms with Gasteiger partial charge in [0.1, 0.15) is 11.4 Å². The van der Waals surface area contributed by atoms with Crippen molar-refractivity contribution in [3.63, 3.8) is 0 Å². The Morgan fingerprint density at radius 1 is 1.00 bits per heavy atom. The molecule has 14 nitrogen and oxygen atoms in total. The summed E-state index contributed by atoms with van der Waals surface area (Å²) in [5.41, 5.74) is 6.48. The third-order valence-corrected chi connectivity index (χ3v) is 7.65. The Labute approximate surface area is 255 Å². The standard InChI is InChI=1S/C29H52N8O6/c1-22-24(32-27(40)31-22)8-6-5-7-9-26(39)30-12-14-41-16-18-43-19-17-42-15-13-37-21-23(33-36-37)10-11-29(34-35-29)20-25(38)28(2,3)4/h21-22,24,34-35H,5-20H2,1-4H3,(H,30,39)(H2,31,32,40)/t22-,24+/m1/s1. The predicted molar refractivity (Wildman–Crippen MR) is 160 cm³/mol. The van der Waals surface area contributed by atoms with E-state index in [-0.39, 0.29) is 40.9 Å². The number of nitrogens with one attached hydrogen (secondary N) is 5. The minimum absolute atomic E-state index is 0.0360. The van der Waals surface area contributed by atoms with E-state index in [4.69, 9.17) is 14.2 Å². The van der Waals surface area contributed by atoms with Crippen molar-refractivity contribution < 1.29 is 28.6 Å². The molecule has 1 aromatic heterocycles. The lowest BCUT2D eigenvalue weighted by Crippen LogP contribution is -2.30. The summed E-state index contributed by atoms with van der Waals surface area (Å²) in [7, 11) is 0. The lowest BCUT2D eigenvalue weighted by molar-refractivity contribution is -0.127. The first-order valence-electron chi connectivity index (χ1n) is 15.6. The molecule has 0 aromatic carbocycles. The fourth-order valence-corrected chi connectivity index (χ4v) is 4.68. The van der Waals surface area contributed by atoms with Crippen LogP contribution in [0.1, 0.15) is 78.3 Å². The van der Waals surface area contributed by atoms with Crippen molar-refractivity contribution in [2.45, 2.75) is 103 Å². The van der Waals surface area contributed by atoms with Crippen molar-refractivity contribution in [1.29, 1.82) is 0 Å². The summed E-state index contributed by atoms with van der Waals surface area (Å²) >= 11 is 0. The van der Waals surface area contributed by atoms with Gasteiger partial charge >= 0.3 is 6.03 Å². The summed E-state index contributed by atoms with van der Waals surface area (Å²) in [4.78, 5) is 35.6. The topological polar surface area (TPSA) is 190 Å². The fraction of sp³-hybridized carbons (Fsp3) is 0.828. The Hall–Kier alpha value is -2.65. The molecule has 1 aromatic rings. The van der Waals surface area contributed by atoms with Crippen LogP contribution in [0.25, 0.3) is 0 Å². The van der Waals surface area contributed by atoms with E-state index in [1.165, 1.54) is 0 Å². The molecule has 244 valence electrons. The number of hydrogen-bond donors (Lipinski definition) is 5. The predicted octanol–water partition coefficient (Wildman–Crippen LogP) is 1.21. The fourth-order valence-electron chi connectivity index (χ4n) is 4.68. The van der Waals surface area contributed by atoms with Crippen LogP contribution in [0, 0.1) is 5.41 Å². The van der Waals surface area contributed by atoms with Gasteiger partial charge in [0.05, 0.1) is 57.9 Å². The minimum atomic E-state index is -0.349. The van der Waals surface area contributed by atoms with E-state index in [1.807, 2.05) is 33.9 Å². The smallest absolute Gasteiger partial charge is 0.315 e. The van der Waals surface area contributed by atoms with E-state index in [2.05, 4.69) is 37.1 Å². The molecule has 43 heavy (non-hydrogen) atoms. The highest BCUT2D eigenvalue weighted by Gasteiger charge is 2.45. The van der Waals surface area contributed by atoms with Gasteiger partial charge in [0, 0.05) is 37.0 Å². The van der Waals surface area contributed by atoms with E-state index in [0.29, 0.717) is 65.6 Å². The second-order valence-electron chi connectivity index (χ2n) is 12.5. The highest BCUT2D eigenvalue weighted by Crippen LogP contribution is 2.28. The molecule has 3 rings (SSSR count). The molecular formula is C29H52N8O6. The van der Waals surface area contributed by atoms with Gasteiger partial charge in [-0.25, -0.2) is 20.3 Å². The number of carbonyl (C=O) groups is 3. The maximum absolute atomic E-state index is 12.4. The molecule has 2 saturated heterocycles. The Morgan fingerprint density at radius 2 is 1.70 bits per heavy atom. The van der Waals surface area contributed by atoms with Crippen molar-refractivity contribution in [1.82, 2.24) is 41.8 Å². The minimum Gasteiger partial charge on any atom is -0.377 e. The lowest BCUT2D eigenvalue weighted by Gasteiger charge is -2.19. The van der Waals surface area contributed by atoms with Gasteiger partial charge in [-0.2, -0.15) is 0 Å². The Morgan fingerprint density at radius 3 is 2.35 bits per heavy atom. The molecule has 0 spiro atoms. The van der Waals surface area contributed by atoms with Crippen molar-refractivity contribution in [3.05, 3.63) is 11.9 Å². The number of unbranched alkanes of at least 4 members (excludes halogenated alkanes) is 2. The second-order valence-corrected chi connectivity index (χ2v) is 12.5. The molecule has 0 unspecified atom stereocenters. The Bertz CT molecular complexity index is 1010. The molecule has 0 bridgehead atoms. The molecular weight excluding hydrogens is 556 g/mol. The maximum Gasteiger partial charge on any atom is 0.315 e. The average Bonchev–Trinajstić information content (AvgIpc) is 3.42. The van der Waals surface area contributed by atoms with Crippen LogP contribution in [0.15, 0.2) is 6.20 Å². The zero-order valence-corrected chi connectivity index (χ0v) is 26.3. The highest BCUT2D eigenvalue weighted by molar-refractivity contribution is 5.85. The van der Waals surface area contributed by atoms with E-state index in [0.717, 1.165) is 44.2 Å². The van der Waals surface area contributed by atoms with Gasteiger partial charge in [-0.3, -0.25) is 9.59 Å². The van der Waals surface area contributed by atoms with Crippen LogP contribution >= 0.6 is 0 Å². The molecule has 5 N–H and O–H groups in total. The summed E-state index contributed by atoms with van der Waals surface area (Å²) in [5, 5.41) is 17.0. The van der Waals surface area contributed by atoms with Gasteiger partial charge < -0.3 is 30.2 Å². The largest absolute Gasteiger partial charge is 0.377 e. The first-order valence-corrected chi connectivity index (χ1v) is 15.6. The first-order chi connectivity index (χ1) is 20.6. The van der Waals surface area contributed by atoms with E-state index in [1.54, 1.807) is 4.68 Å². The number of amides is 3. The number of hydrazine groups is 1. The number of nitrogens with zero attached hydrogens (tertiary/aromatic N) is 3. The zero-order valence-electron chi connectivity index (χ0n) is 26.3. The summed E-state index contributed by atoms with van der Waals surface area (Å²) in [6.07, 6.45) is 8.08. The van der Waals surface area contributed by atoms with Crippen LogP contribution in [-0.4, -0.2) is 96.6 Å². The molecule has 0 radical (unpaired) electrons. The lowest BCUT2D eigenvalue weighted by atomic mass is 9.85. The van der Waals surface area contributed by atoms with Crippen LogP contribution in [-0.2, 0) is 36.8 Å². The number of ketones is 1. The van der Waals surface area contributed by atoms with Crippen LogP contribution in [0.5, 0.6) is 0 Å². The molecule has 2 aliphatic heterocycles. The summed E-state index contributed by atoms with van der Waals surface area (Å²) in [6.45, 7) is 11.7. The quantitative estimate of drug-likeness (QED) is 0.0892. The number of Topliss-reactive ketones (excluding diaryl/α,β-unsaturated/α-hetero) is 1. The third kappa shape index (κ3) is 13.7. The number of aryl methyl sites for hydroxylation is 1. The van der Waals surface area contributed by atoms with Crippen LogP contribution in [0.2, 0.25) is 0 Å². The Balaban J connectivity index is 1.07. The zero-order chi connectivity index (χ0) is 31.1. The van der Waals surface area contributed by atoms with Crippen LogP contribution < -0.4 is 26.8 Å². The molecule has 0 saturated carbocycles. The van der Waals surface area contributed by atoms with Gasteiger partial charge in [0.15, 0.2) is 0 Å². The number of urea groups is 1. The average molecular weight is 609 g/mol. The molecule has 2 atom stereocenters. The summed E-state index contributed by atoms with van der Waals surface area (Å²) in [5.74, 6) is 0.261. The SMILES string of the molecule is C[C@H]1NC(=O)N[C@H]1CCCCCC(=O)NCCOCCOCCOCCn1cc(CCC2(CC(=O)C(C)(C)C)NN2)nn1. The number of rotatable bonds is 23. The number of aromatic nitrogens is 3.